The molecule has 3 rings (SSSR count). The maximum Gasteiger partial charge on any atom is 0.131 e. The van der Waals surface area contributed by atoms with E-state index in [9.17, 15) is 8.78 Å². The Labute approximate surface area is 106 Å². The SMILES string of the molecule is Fc1ccc([C@H]2CN(C3CCC3)CCO2)c(F)c1. The fraction of sp³-hybridized carbons (Fsp3) is 0.571. The Morgan fingerprint density at radius 1 is 1.22 bits per heavy atom. The first kappa shape index (κ1) is 12.1. The molecule has 1 aromatic rings. The molecule has 0 unspecified atom stereocenters. The molecule has 0 amide bonds. The Balaban J connectivity index is 1.74. The molecule has 18 heavy (non-hydrogen) atoms. The predicted octanol–water partition coefficient (Wildman–Crippen LogP) is 2.89. The van der Waals surface area contributed by atoms with Crippen LogP contribution in [0.4, 0.5) is 8.78 Å². The molecule has 2 nitrogen and oxygen atoms in total. The number of hydrogen-bond donors (Lipinski definition) is 0. The molecule has 1 saturated heterocycles. The van der Waals surface area contributed by atoms with Crippen molar-refractivity contribution in [2.24, 2.45) is 0 Å². The summed E-state index contributed by atoms with van der Waals surface area (Å²) in [6, 6.07) is 4.37. The number of nitrogens with zero attached hydrogens (tertiary/aromatic N) is 1. The van der Waals surface area contributed by atoms with Crippen LogP contribution in [-0.2, 0) is 4.74 Å². The fourth-order valence-electron chi connectivity index (χ4n) is 2.70. The van der Waals surface area contributed by atoms with Crippen LogP contribution in [0.25, 0.3) is 0 Å². The minimum atomic E-state index is -0.539. The molecule has 0 spiro atoms. The van der Waals surface area contributed by atoms with E-state index in [1.807, 2.05) is 0 Å². The lowest BCUT2D eigenvalue weighted by atomic mass is 9.90. The van der Waals surface area contributed by atoms with Crippen molar-refractivity contribution < 1.29 is 13.5 Å². The van der Waals surface area contributed by atoms with Gasteiger partial charge in [0.05, 0.1) is 12.7 Å². The van der Waals surface area contributed by atoms with Crippen molar-refractivity contribution in [2.75, 3.05) is 19.7 Å². The van der Waals surface area contributed by atoms with Crippen LogP contribution in [-0.4, -0.2) is 30.6 Å². The van der Waals surface area contributed by atoms with E-state index in [4.69, 9.17) is 4.74 Å². The largest absolute Gasteiger partial charge is 0.371 e. The Morgan fingerprint density at radius 2 is 2.06 bits per heavy atom. The maximum atomic E-state index is 13.7. The summed E-state index contributed by atoms with van der Waals surface area (Å²) in [6.07, 6.45) is 3.49. The van der Waals surface area contributed by atoms with Crippen LogP contribution < -0.4 is 0 Å². The van der Waals surface area contributed by atoms with Gasteiger partial charge in [0, 0.05) is 30.8 Å². The molecular formula is C14H17F2NO. The van der Waals surface area contributed by atoms with Gasteiger partial charge < -0.3 is 4.74 Å². The second kappa shape index (κ2) is 4.94. The number of halogens is 2. The number of ether oxygens (including phenoxy) is 1. The van der Waals surface area contributed by atoms with Gasteiger partial charge in [0.15, 0.2) is 0 Å². The summed E-state index contributed by atoms with van der Waals surface area (Å²) in [5.74, 6) is -1.04. The minimum absolute atomic E-state index is 0.264. The summed E-state index contributed by atoms with van der Waals surface area (Å²) in [5, 5.41) is 0. The van der Waals surface area contributed by atoms with Crippen molar-refractivity contribution in [1.82, 2.24) is 4.90 Å². The summed E-state index contributed by atoms with van der Waals surface area (Å²) in [6.45, 7) is 2.26. The first-order valence-electron chi connectivity index (χ1n) is 6.54. The summed E-state index contributed by atoms with van der Waals surface area (Å²) in [4.78, 5) is 2.38. The molecule has 98 valence electrons. The Kier molecular flexibility index (Phi) is 3.31. The van der Waals surface area contributed by atoms with Gasteiger partial charge in [-0.25, -0.2) is 8.78 Å². The van der Waals surface area contributed by atoms with Crippen LogP contribution in [0.1, 0.15) is 30.9 Å². The van der Waals surface area contributed by atoms with Gasteiger partial charge in [-0.15, -0.1) is 0 Å². The van der Waals surface area contributed by atoms with Crippen molar-refractivity contribution in [2.45, 2.75) is 31.4 Å². The van der Waals surface area contributed by atoms with E-state index in [1.54, 1.807) is 0 Å². The zero-order chi connectivity index (χ0) is 12.5. The van der Waals surface area contributed by atoms with Crippen LogP contribution in [0.5, 0.6) is 0 Å². The smallest absolute Gasteiger partial charge is 0.131 e. The molecule has 0 radical (unpaired) electrons. The van der Waals surface area contributed by atoms with E-state index in [2.05, 4.69) is 4.90 Å². The number of hydrogen-bond acceptors (Lipinski definition) is 2. The first-order chi connectivity index (χ1) is 8.74. The quantitative estimate of drug-likeness (QED) is 0.803. The molecule has 2 aliphatic rings. The van der Waals surface area contributed by atoms with E-state index in [1.165, 1.54) is 31.4 Å². The molecule has 1 saturated carbocycles. The number of morpholine rings is 1. The second-order valence-electron chi connectivity index (χ2n) is 5.10. The van der Waals surface area contributed by atoms with Gasteiger partial charge >= 0.3 is 0 Å². The van der Waals surface area contributed by atoms with E-state index in [-0.39, 0.29) is 6.10 Å². The van der Waals surface area contributed by atoms with Gasteiger partial charge in [-0.2, -0.15) is 0 Å². The van der Waals surface area contributed by atoms with Crippen LogP contribution >= 0.6 is 0 Å². The van der Waals surface area contributed by atoms with E-state index >= 15 is 0 Å². The minimum Gasteiger partial charge on any atom is -0.371 e. The third kappa shape index (κ3) is 2.27. The van der Waals surface area contributed by atoms with Crippen molar-refractivity contribution in [3.63, 3.8) is 0 Å². The number of benzene rings is 1. The third-order valence-corrected chi connectivity index (χ3v) is 4.00. The predicted molar refractivity (Wildman–Crippen MR) is 64.3 cm³/mol. The molecule has 0 aromatic heterocycles. The highest BCUT2D eigenvalue weighted by molar-refractivity contribution is 5.21. The summed E-state index contributed by atoms with van der Waals surface area (Å²) in [7, 11) is 0. The summed E-state index contributed by atoms with van der Waals surface area (Å²) in [5.41, 5.74) is 0.473. The van der Waals surface area contributed by atoms with Gasteiger partial charge in [0.2, 0.25) is 0 Å². The zero-order valence-electron chi connectivity index (χ0n) is 10.2. The monoisotopic (exact) mass is 253 g/mol. The fourth-order valence-corrected chi connectivity index (χ4v) is 2.70. The van der Waals surface area contributed by atoms with E-state index in [0.717, 1.165) is 12.6 Å². The Morgan fingerprint density at radius 3 is 2.72 bits per heavy atom. The summed E-state index contributed by atoms with van der Waals surface area (Å²) < 4.78 is 32.2. The van der Waals surface area contributed by atoms with Crippen LogP contribution in [0.2, 0.25) is 0 Å². The van der Waals surface area contributed by atoms with Gasteiger partial charge in [0.1, 0.15) is 11.6 Å². The molecule has 1 aromatic carbocycles. The standard InChI is InChI=1S/C14H17F2NO/c15-10-4-5-12(13(16)8-10)14-9-17(6-7-18-14)11-2-1-3-11/h4-5,8,11,14H,1-3,6-7,9H2/t14-/m1/s1. The maximum absolute atomic E-state index is 13.7. The molecule has 1 aliphatic heterocycles. The summed E-state index contributed by atoms with van der Waals surface area (Å²) >= 11 is 0. The molecule has 1 heterocycles. The van der Waals surface area contributed by atoms with Crippen molar-refractivity contribution >= 4 is 0 Å². The van der Waals surface area contributed by atoms with E-state index in [0.29, 0.717) is 24.8 Å². The first-order valence-corrected chi connectivity index (χ1v) is 6.54. The van der Waals surface area contributed by atoms with Gasteiger partial charge in [-0.05, 0) is 18.9 Å². The van der Waals surface area contributed by atoms with Crippen molar-refractivity contribution in [1.29, 1.82) is 0 Å². The van der Waals surface area contributed by atoms with Crippen molar-refractivity contribution in [3.8, 4) is 0 Å². The van der Waals surface area contributed by atoms with E-state index < -0.39 is 11.6 Å². The molecule has 1 atom stereocenters. The van der Waals surface area contributed by atoms with Crippen LogP contribution in [0.3, 0.4) is 0 Å². The number of rotatable bonds is 2. The third-order valence-electron chi connectivity index (χ3n) is 4.00. The van der Waals surface area contributed by atoms with Crippen LogP contribution in [0, 0.1) is 11.6 Å². The molecule has 1 aliphatic carbocycles. The molecule has 0 bridgehead atoms. The lowest BCUT2D eigenvalue weighted by Gasteiger charge is -2.42. The topological polar surface area (TPSA) is 12.5 Å². The average Bonchev–Trinajstić information content (AvgIpc) is 2.27. The molecule has 0 N–H and O–H groups in total. The zero-order valence-corrected chi connectivity index (χ0v) is 10.2. The Bertz CT molecular complexity index is 434. The molecule has 2 fully saturated rings. The van der Waals surface area contributed by atoms with Gasteiger partial charge in [-0.3, -0.25) is 4.90 Å². The van der Waals surface area contributed by atoms with Crippen LogP contribution in [0.15, 0.2) is 18.2 Å². The lowest BCUT2D eigenvalue weighted by molar-refractivity contribution is -0.0578. The van der Waals surface area contributed by atoms with Crippen molar-refractivity contribution in [3.05, 3.63) is 35.4 Å². The van der Waals surface area contributed by atoms with Gasteiger partial charge in [0.25, 0.3) is 0 Å². The Hall–Kier alpha value is -1.00. The highest BCUT2D eigenvalue weighted by atomic mass is 19.1. The highest BCUT2D eigenvalue weighted by Gasteiger charge is 2.31. The van der Waals surface area contributed by atoms with Gasteiger partial charge in [-0.1, -0.05) is 12.5 Å². The molecule has 4 heteroatoms. The molecular weight excluding hydrogens is 236 g/mol. The normalized spacial score (nSPS) is 26.0. The highest BCUT2D eigenvalue weighted by Crippen LogP contribution is 2.31. The second-order valence-corrected chi connectivity index (χ2v) is 5.10. The average molecular weight is 253 g/mol. The lowest BCUT2D eigenvalue weighted by Crippen LogP contribution is -2.47.